The van der Waals surface area contributed by atoms with E-state index < -0.39 is 4.92 Å². The first-order valence-electron chi connectivity index (χ1n) is 6.62. The molecule has 0 spiro atoms. The predicted molar refractivity (Wildman–Crippen MR) is 84.6 cm³/mol. The highest BCUT2D eigenvalue weighted by Gasteiger charge is 2.24. The van der Waals surface area contributed by atoms with Crippen LogP contribution in [-0.2, 0) is 6.54 Å². The molecule has 0 aliphatic heterocycles. The third-order valence-corrected chi connectivity index (χ3v) is 3.51. The van der Waals surface area contributed by atoms with E-state index in [1.54, 1.807) is 12.3 Å². The normalized spacial score (nSPS) is 10.5. The van der Waals surface area contributed by atoms with Gasteiger partial charge in [-0.2, -0.15) is 0 Å². The molecule has 0 aliphatic rings. The van der Waals surface area contributed by atoms with Crippen molar-refractivity contribution in [1.29, 1.82) is 0 Å². The Morgan fingerprint density at radius 1 is 1.30 bits per heavy atom. The first-order chi connectivity index (χ1) is 11.2. The van der Waals surface area contributed by atoms with Gasteiger partial charge in [0.1, 0.15) is 12.7 Å². The minimum absolute atomic E-state index is 0.119. The lowest BCUT2D eigenvalue weighted by Crippen LogP contribution is -2.09. The van der Waals surface area contributed by atoms with E-state index in [0.29, 0.717) is 11.6 Å². The lowest BCUT2D eigenvalue weighted by molar-refractivity contribution is -0.384. The number of hydrogen-bond donors (Lipinski definition) is 1. The second-order valence-corrected chi connectivity index (χ2v) is 4.97. The summed E-state index contributed by atoms with van der Waals surface area (Å²) in [6, 6.07) is 7.24. The van der Waals surface area contributed by atoms with Gasteiger partial charge in [0.15, 0.2) is 0 Å². The minimum atomic E-state index is -0.524. The first kappa shape index (κ1) is 14.9. The monoisotopic (exact) mass is 330 g/mol. The number of rotatable bonds is 5. The molecule has 0 bridgehead atoms. The van der Waals surface area contributed by atoms with Gasteiger partial charge in [0.05, 0.1) is 4.92 Å². The van der Waals surface area contributed by atoms with Crippen molar-refractivity contribution in [2.24, 2.45) is 0 Å². The Morgan fingerprint density at radius 2 is 2.13 bits per heavy atom. The van der Waals surface area contributed by atoms with Gasteiger partial charge in [0.2, 0.25) is 11.6 Å². The fourth-order valence-corrected chi connectivity index (χ4v) is 2.26. The van der Waals surface area contributed by atoms with Crippen LogP contribution in [0.4, 0.5) is 11.5 Å². The molecule has 0 saturated heterocycles. The summed E-state index contributed by atoms with van der Waals surface area (Å²) in [7, 11) is 0. The zero-order chi connectivity index (χ0) is 16.2. The number of halogens is 1. The van der Waals surface area contributed by atoms with Gasteiger partial charge < -0.3 is 5.32 Å². The van der Waals surface area contributed by atoms with Gasteiger partial charge in [0, 0.05) is 24.0 Å². The zero-order valence-electron chi connectivity index (χ0n) is 11.8. The standard InChI is InChI=1S/C14H11ClN6O2/c15-11-4-2-1-3-10(11)7-17-13-12(21(22)23)14(19-8-18-13)20-6-5-16-9-20/h1-6,8-9H,7H2,(H,17,18,19). The van der Waals surface area contributed by atoms with Crippen LogP contribution in [0.3, 0.4) is 0 Å². The van der Waals surface area contributed by atoms with E-state index in [1.165, 1.54) is 23.4 Å². The van der Waals surface area contributed by atoms with Gasteiger partial charge in [-0.05, 0) is 11.6 Å². The highest BCUT2D eigenvalue weighted by atomic mass is 35.5. The van der Waals surface area contributed by atoms with Crippen molar-refractivity contribution < 1.29 is 4.92 Å². The van der Waals surface area contributed by atoms with Crippen LogP contribution < -0.4 is 5.32 Å². The summed E-state index contributed by atoms with van der Waals surface area (Å²) in [6.45, 7) is 0.306. The van der Waals surface area contributed by atoms with Crippen molar-refractivity contribution >= 4 is 23.1 Å². The summed E-state index contributed by atoms with van der Waals surface area (Å²) in [4.78, 5) is 22.7. The van der Waals surface area contributed by atoms with Gasteiger partial charge in [-0.3, -0.25) is 14.7 Å². The Balaban J connectivity index is 1.95. The van der Waals surface area contributed by atoms with E-state index in [1.807, 2.05) is 18.2 Å². The lowest BCUT2D eigenvalue weighted by Gasteiger charge is -2.09. The average Bonchev–Trinajstić information content (AvgIpc) is 3.08. The largest absolute Gasteiger partial charge is 0.360 e. The second-order valence-electron chi connectivity index (χ2n) is 4.57. The molecule has 3 rings (SSSR count). The number of nitrogens with zero attached hydrogens (tertiary/aromatic N) is 5. The molecule has 0 fully saturated rings. The molecule has 9 heteroatoms. The van der Waals surface area contributed by atoms with Crippen molar-refractivity contribution in [3.05, 3.63) is 70.0 Å². The molecule has 3 aromatic rings. The summed E-state index contributed by atoms with van der Waals surface area (Å²) in [6.07, 6.45) is 5.79. The fraction of sp³-hybridized carbons (Fsp3) is 0.0714. The summed E-state index contributed by atoms with van der Waals surface area (Å²) >= 11 is 6.09. The third-order valence-electron chi connectivity index (χ3n) is 3.14. The minimum Gasteiger partial charge on any atom is -0.360 e. The molecule has 0 atom stereocenters. The van der Waals surface area contributed by atoms with E-state index in [4.69, 9.17) is 11.6 Å². The Bertz CT molecular complexity index is 837. The molecule has 0 aliphatic carbocycles. The zero-order valence-corrected chi connectivity index (χ0v) is 12.5. The molecule has 0 unspecified atom stereocenters. The van der Waals surface area contributed by atoms with E-state index in [9.17, 15) is 10.1 Å². The lowest BCUT2D eigenvalue weighted by atomic mass is 10.2. The molecule has 0 amide bonds. The van der Waals surface area contributed by atoms with Crippen molar-refractivity contribution in [2.45, 2.75) is 6.54 Å². The SMILES string of the molecule is O=[N+]([O-])c1c(NCc2ccccc2Cl)ncnc1-n1ccnc1. The van der Waals surface area contributed by atoms with Crippen molar-refractivity contribution in [3.8, 4) is 5.82 Å². The predicted octanol–water partition coefficient (Wildman–Crippen LogP) is 2.84. The Kier molecular flexibility index (Phi) is 4.15. The molecule has 1 N–H and O–H groups in total. The number of nitrogens with one attached hydrogen (secondary N) is 1. The fourth-order valence-electron chi connectivity index (χ4n) is 2.06. The number of aromatic nitrogens is 4. The van der Waals surface area contributed by atoms with Gasteiger partial charge >= 0.3 is 5.69 Å². The van der Waals surface area contributed by atoms with Gasteiger partial charge in [-0.1, -0.05) is 29.8 Å². The molecular weight excluding hydrogens is 320 g/mol. The van der Waals surface area contributed by atoms with Crippen LogP contribution >= 0.6 is 11.6 Å². The third kappa shape index (κ3) is 3.11. The summed E-state index contributed by atoms with van der Waals surface area (Å²) in [5.41, 5.74) is 0.587. The number of benzene rings is 1. The summed E-state index contributed by atoms with van der Waals surface area (Å²) < 4.78 is 1.46. The molecule has 1 aromatic carbocycles. The van der Waals surface area contributed by atoms with Crippen molar-refractivity contribution in [3.63, 3.8) is 0 Å². The molecule has 23 heavy (non-hydrogen) atoms. The molecule has 2 heterocycles. The first-order valence-corrected chi connectivity index (χ1v) is 6.99. The van der Waals surface area contributed by atoms with Crippen LogP contribution in [0.25, 0.3) is 5.82 Å². The maximum absolute atomic E-state index is 11.4. The van der Waals surface area contributed by atoms with E-state index >= 15 is 0 Å². The maximum Gasteiger partial charge on any atom is 0.354 e. The number of nitro groups is 1. The number of imidazole rings is 1. The average molecular weight is 331 g/mol. The van der Waals surface area contributed by atoms with Gasteiger partial charge in [-0.25, -0.2) is 15.0 Å². The quantitative estimate of drug-likeness (QED) is 0.570. The van der Waals surface area contributed by atoms with Crippen LogP contribution in [-0.4, -0.2) is 24.4 Å². The highest BCUT2D eigenvalue weighted by molar-refractivity contribution is 6.31. The molecule has 0 saturated carbocycles. The van der Waals surface area contributed by atoms with E-state index in [-0.39, 0.29) is 17.3 Å². The van der Waals surface area contributed by atoms with Crippen LogP contribution in [0.2, 0.25) is 5.02 Å². The second kappa shape index (κ2) is 6.41. The van der Waals surface area contributed by atoms with Crippen molar-refractivity contribution in [1.82, 2.24) is 19.5 Å². The molecule has 116 valence electrons. The highest BCUT2D eigenvalue weighted by Crippen LogP contribution is 2.28. The van der Waals surface area contributed by atoms with Crippen LogP contribution in [0, 0.1) is 10.1 Å². The molecule has 8 nitrogen and oxygen atoms in total. The smallest absolute Gasteiger partial charge is 0.354 e. The summed E-state index contributed by atoms with van der Waals surface area (Å²) in [5, 5.41) is 15.0. The number of hydrogen-bond acceptors (Lipinski definition) is 6. The molecular formula is C14H11ClN6O2. The maximum atomic E-state index is 11.4. The Hall–Kier alpha value is -3.00. The Labute approximate surface area is 135 Å². The van der Waals surface area contributed by atoms with E-state index in [2.05, 4.69) is 20.3 Å². The summed E-state index contributed by atoms with van der Waals surface area (Å²) in [5.74, 6) is 0.262. The number of anilines is 1. The topological polar surface area (TPSA) is 98.8 Å². The van der Waals surface area contributed by atoms with Crippen LogP contribution in [0.1, 0.15) is 5.56 Å². The molecule has 2 aromatic heterocycles. The van der Waals surface area contributed by atoms with Crippen molar-refractivity contribution in [2.75, 3.05) is 5.32 Å². The van der Waals surface area contributed by atoms with Crippen LogP contribution in [0.15, 0.2) is 49.3 Å². The molecule has 0 radical (unpaired) electrons. The Morgan fingerprint density at radius 3 is 2.83 bits per heavy atom. The van der Waals surface area contributed by atoms with Crippen LogP contribution in [0.5, 0.6) is 0 Å². The van der Waals surface area contributed by atoms with E-state index in [0.717, 1.165) is 5.56 Å². The van der Waals surface area contributed by atoms with Gasteiger partial charge in [-0.15, -0.1) is 0 Å². The van der Waals surface area contributed by atoms with Gasteiger partial charge in [0.25, 0.3) is 0 Å².